The first-order valence-corrected chi connectivity index (χ1v) is 9.30. The van der Waals surface area contributed by atoms with Gasteiger partial charge in [-0.1, -0.05) is 18.2 Å². The first-order valence-electron chi connectivity index (χ1n) is 8.51. The minimum atomic E-state index is -0.618. The van der Waals surface area contributed by atoms with Crippen molar-refractivity contribution in [3.8, 4) is 5.75 Å². The van der Waals surface area contributed by atoms with E-state index in [1.165, 1.54) is 17.8 Å². The second-order valence-corrected chi connectivity index (χ2v) is 7.09. The van der Waals surface area contributed by atoms with Crippen LogP contribution in [0.3, 0.4) is 0 Å². The molecule has 138 valence electrons. The highest BCUT2D eigenvalue weighted by Crippen LogP contribution is 2.28. The van der Waals surface area contributed by atoms with Crippen LogP contribution in [0.2, 0.25) is 0 Å². The van der Waals surface area contributed by atoms with Crippen LogP contribution in [0.4, 0.5) is 10.1 Å². The standard InChI is InChI=1S/C19H22BrFN4O/c1-22-19(23-11-13-6-7-18(26)16(21)10-13)24-14-8-9-25(12-14)17-5-3-2-4-15(17)20/h2-7,10,14,26H,8-9,11-12H2,1H3,(H2,22,23,24). The third kappa shape index (κ3) is 4.46. The van der Waals surface area contributed by atoms with Crippen LogP contribution in [0.15, 0.2) is 51.9 Å². The van der Waals surface area contributed by atoms with Gasteiger partial charge in [0.15, 0.2) is 17.5 Å². The van der Waals surface area contributed by atoms with Gasteiger partial charge in [-0.25, -0.2) is 4.39 Å². The molecule has 0 radical (unpaired) electrons. The molecule has 2 aromatic rings. The highest BCUT2D eigenvalue weighted by molar-refractivity contribution is 9.10. The van der Waals surface area contributed by atoms with Gasteiger partial charge in [0, 0.05) is 37.2 Å². The Balaban J connectivity index is 1.54. The molecule has 3 N–H and O–H groups in total. The average molecular weight is 421 g/mol. The van der Waals surface area contributed by atoms with E-state index in [2.05, 4.69) is 42.5 Å². The largest absolute Gasteiger partial charge is 0.505 e. The van der Waals surface area contributed by atoms with E-state index in [-0.39, 0.29) is 11.8 Å². The number of benzene rings is 2. The first-order chi connectivity index (χ1) is 12.6. The molecule has 0 amide bonds. The first kappa shape index (κ1) is 18.5. The molecule has 5 nitrogen and oxygen atoms in total. The Morgan fingerprint density at radius 1 is 1.35 bits per heavy atom. The molecule has 0 spiro atoms. The highest BCUT2D eigenvalue weighted by Gasteiger charge is 2.24. The summed E-state index contributed by atoms with van der Waals surface area (Å²) in [5.41, 5.74) is 1.93. The molecule has 26 heavy (non-hydrogen) atoms. The number of aromatic hydroxyl groups is 1. The zero-order valence-electron chi connectivity index (χ0n) is 14.5. The molecule has 0 saturated carbocycles. The Bertz CT molecular complexity index is 799. The Hall–Kier alpha value is -2.28. The van der Waals surface area contributed by atoms with E-state index in [9.17, 15) is 9.50 Å². The fourth-order valence-corrected chi connectivity index (χ4v) is 3.57. The topological polar surface area (TPSA) is 59.9 Å². The molecule has 0 aromatic heterocycles. The molecule has 1 saturated heterocycles. The minimum absolute atomic E-state index is 0.282. The van der Waals surface area contributed by atoms with E-state index in [1.807, 2.05) is 18.2 Å². The summed E-state index contributed by atoms with van der Waals surface area (Å²) in [6.07, 6.45) is 1.01. The van der Waals surface area contributed by atoms with Gasteiger partial charge < -0.3 is 20.6 Å². The lowest BCUT2D eigenvalue weighted by Crippen LogP contribution is -2.44. The molecule has 1 unspecified atom stereocenters. The molecule has 7 heteroatoms. The van der Waals surface area contributed by atoms with Gasteiger partial charge in [-0.05, 0) is 52.2 Å². The lowest BCUT2D eigenvalue weighted by Gasteiger charge is -2.21. The van der Waals surface area contributed by atoms with Crippen molar-refractivity contribution in [2.45, 2.75) is 19.0 Å². The third-order valence-electron chi connectivity index (χ3n) is 4.42. The molecule has 1 atom stereocenters. The Kier molecular flexibility index (Phi) is 5.98. The van der Waals surface area contributed by atoms with Gasteiger partial charge in [-0.2, -0.15) is 0 Å². The van der Waals surface area contributed by atoms with E-state index >= 15 is 0 Å². The Labute approximate surface area is 161 Å². The van der Waals surface area contributed by atoms with Crippen LogP contribution in [0.1, 0.15) is 12.0 Å². The van der Waals surface area contributed by atoms with Crippen LogP contribution < -0.4 is 15.5 Å². The normalized spacial score (nSPS) is 17.4. The van der Waals surface area contributed by atoms with E-state index in [0.29, 0.717) is 12.5 Å². The molecule has 0 aliphatic carbocycles. The Morgan fingerprint density at radius 3 is 2.88 bits per heavy atom. The highest BCUT2D eigenvalue weighted by atomic mass is 79.9. The van der Waals surface area contributed by atoms with Gasteiger partial charge in [-0.3, -0.25) is 4.99 Å². The van der Waals surface area contributed by atoms with Crippen molar-refractivity contribution in [2.24, 2.45) is 4.99 Å². The molecule has 1 heterocycles. The number of para-hydroxylation sites is 1. The monoisotopic (exact) mass is 420 g/mol. The third-order valence-corrected chi connectivity index (χ3v) is 5.09. The molecule has 3 rings (SSSR count). The van der Waals surface area contributed by atoms with Crippen molar-refractivity contribution in [1.29, 1.82) is 0 Å². The summed E-state index contributed by atoms with van der Waals surface area (Å²) in [5, 5.41) is 15.9. The fourth-order valence-electron chi connectivity index (χ4n) is 3.04. The number of phenols is 1. The molecule has 0 bridgehead atoms. The van der Waals surface area contributed by atoms with Gasteiger partial charge in [0.05, 0.1) is 5.69 Å². The van der Waals surface area contributed by atoms with Crippen molar-refractivity contribution in [3.05, 3.63) is 58.3 Å². The summed E-state index contributed by atoms with van der Waals surface area (Å²) in [5.74, 6) is -0.279. The van der Waals surface area contributed by atoms with Crippen molar-refractivity contribution in [3.63, 3.8) is 0 Å². The van der Waals surface area contributed by atoms with E-state index in [4.69, 9.17) is 0 Å². The SMILES string of the molecule is CN=C(NCc1ccc(O)c(F)c1)NC1CCN(c2ccccc2Br)C1. The number of aliphatic imine (C=N–C) groups is 1. The van der Waals surface area contributed by atoms with Gasteiger partial charge in [0.1, 0.15) is 0 Å². The quantitative estimate of drug-likeness (QED) is 0.524. The number of nitrogens with zero attached hydrogens (tertiary/aromatic N) is 2. The minimum Gasteiger partial charge on any atom is -0.505 e. The van der Waals surface area contributed by atoms with Crippen molar-refractivity contribution in [2.75, 3.05) is 25.0 Å². The van der Waals surface area contributed by atoms with Crippen LogP contribution in [-0.4, -0.2) is 37.2 Å². The number of guanidine groups is 1. The lowest BCUT2D eigenvalue weighted by atomic mass is 10.2. The van der Waals surface area contributed by atoms with Gasteiger partial charge in [0.25, 0.3) is 0 Å². The maximum Gasteiger partial charge on any atom is 0.191 e. The number of hydrogen-bond donors (Lipinski definition) is 3. The molecule has 1 fully saturated rings. The predicted octanol–water partition coefficient (Wildman–Crippen LogP) is 3.24. The van der Waals surface area contributed by atoms with Crippen molar-refractivity contribution in [1.82, 2.24) is 10.6 Å². The van der Waals surface area contributed by atoms with Crippen LogP contribution in [0.5, 0.6) is 5.75 Å². The average Bonchev–Trinajstić information content (AvgIpc) is 3.10. The second-order valence-electron chi connectivity index (χ2n) is 6.24. The summed E-state index contributed by atoms with van der Waals surface area (Å²) in [7, 11) is 1.72. The van der Waals surface area contributed by atoms with Gasteiger partial charge in [0.2, 0.25) is 0 Å². The Morgan fingerprint density at radius 2 is 2.15 bits per heavy atom. The molecule has 1 aliphatic rings. The van der Waals surface area contributed by atoms with Crippen LogP contribution in [-0.2, 0) is 6.54 Å². The maximum atomic E-state index is 13.4. The second kappa shape index (κ2) is 8.40. The molecule has 2 aromatic carbocycles. The molecular formula is C19H22BrFN4O. The summed E-state index contributed by atoms with van der Waals surface area (Å²) >= 11 is 3.61. The van der Waals surface area contributed by atoms with Crippen molar-refractivity contribution < 1.29 is 9.50 Å². The van der Waals surface area contributed by atoms with E-state index in [1.54, 1.807) is 13.1 Å². The number of nitrogens with one attached hydrogen (secondary N) is 2. The summed E-state index contributed by atoms with van der Waals surface area (Å²) in [6, 6.07) is 12.9. The number of phenolic OH excluding ortho intramolecular Hbond substituents is 1. The van der Waals surface area contributed by atoms with Crippen LogP contribution >= 0.6 is 15.9 Å². The number of anilines is 1. The predicted molar refractivity (Wildman–Crippen MR) is 106 cm³/mol. The zero-order chi connectivity index (χ0) is 18.5. The van der Waals surface area contributed by atoms with E-state index < -0.39 is 5.82 Å². The maximum absolute atomic E-state index is 13.4. The van der Waals surface area contributed by atoms with Crippen LogP contribution in [0.25, 0.3) is 0 Å². The van der Waals surface area contributed by atoms with Gasteiger partial charge in [-0.15, -0.1) is 0 Å². The summed E-state index contributed by atoms with van der Waals surface area (Å²) in [4.78, 5) is 6.58. The number of hydrogen-bond acceptors (Lipinski definition) is 3. The summed E-state index contributed by atoms with van der Waals surface area (Å²) in [6.45, 7) is 2.29. The molecule has 1 aliphatic heterocycles. The number of halogens is 2. The van der Waals surface area contributed by atoms with Crippen LogP contribution in [0, 0.1) is 5.82 Å². The van der Waals surface area contributed by atoms with Crippen molar-refractivity contribution >= 4 is 27.6 Å². The van der Waals surface area contributed by atoms with Gasteiger partial charge >= 0.3 is 0 Å². The fraction of sp³-hybridized carbons (Fsp3) is 0.316. The zero-order valence-corrected chi connectivity index (χ0v) is 16.1. The summed E-state index contributed by atoms with van der Waals surface area (Å²) < 4.78 is 14.5. The van der Waals surface area contributed by atoms with E-state index in [0.717, 1.165) is 29.5 Å². The molecular weight excluding hydrogens is 399 g/mol. The number of rotatable bonds is 4. The lowest BCUT2D eigenvalue weighted by molar-refractivity contribution is 0.431. The smallest absolute Gasteiger partial charge is 0.191 e.